The van der Waals surface area contributed by atoms with E-state index in [0.717, 1.165) is 22.3 Å². The molecule has 0 bridgehead atoms. The first-order valence-corrected chi connectivity index (χ1v) is 17.3. The van der Waals surface area contributed by atoms with Gasteiger partial charge in [-0.2, -0.15) is 0 Å². The summed E-state index contributed by atoms with van der Waals surface area (Å²) >= 11 is 0. The third-order valence-corrected chi connectivity index (χ3v) is 8.93. The van der Waals surface area contributed by atoms with Gasteiger partial charge in [0.15, 0.2) is 5.96 Å². The lowest BCUT2D eigenvalue weighted by Crippen LogP contribution is -2.60. The first-order chi connectivity index (χ1) is 25.3. The Kier molecular flexibility index (Phi) is 14.0. The maximum absolute atomic E-state index is 14.5. The van der Waals surface area contributed by atoms with Crippen molar-refractivity contribution in [2.24, 2.45) is 27.9 Å². The topological polar surface area (TPSA) is 258 Å². The molecule has 1 aliphatic heterocycles. The largest absolute Gasteiger partial charge is 0.370 e. The molecule has 0 saturated carbocycles. The molecule has 280 valence electrons. The quantitative estimate of drug-likeness (QED) is 0.0570. The molecule has 0 saturated heterocycles. The summed E-state index contributed by atoms with van der Waals surface area (Å²) in [5, 5.41) is 7.97. The summed E-state index contributed by atoms with van der Waals surface area (Å²) in [5.41, 5.74) is 26.4. The van der Waals surface area contributed by atoms with E-state index in [1.807, 2.05) is 78.9 Å². The molecule has 3 aromatic rings. The van der Waals surface area contributed by atoms with Crippen LogP contribution in [0.2, 0.25) is 0 Å². The summed E-state index contributed by atoms with van der Waals surface area (Å²) in [6, 6.07) is 20.1. The van der Waals surface area contributed by atoms with E-state index in [1.54, 1.807) is 0 Å². The van der Waals surface area contributed by atoms with E-state index >= 15 is 0 Å². The van der Waals surface area contributed by atoms with E-state index in [2.05, 4.69) is 20.9 Å². The van der Waals surface area contributed by atoms with Crippen LogP contribution in [-0.4, -0.2) is 77.0 Å². The molecule has 0 radical (unpaired) electrons. The summed E-state index contributed by atoms with van der Waals surface area (Å²) in [5.74, 6) is -4.04. The second-order valence-corrected chi connectivity index (χ2v) is 13.0. The number of amides is 6. The Bertz CT molecular complexity index is 1810. The van der Waals surface area contributed by atoms with Crippen molar-refractivity contribution in [1.82, 2.24) is 20.9 Å². The van der Waals surface area contributed by atoms with Crippen LogP contribution < -0.4 is 38.9 Å². The number of primary amides is 2. The Morgan fingerprint density at radius 2 is 1.32 bits per heavy atom. The van der Waals surface area contributed by atoms with E-state index < -0.39 is 59.6 Å². The highest BCUT2D eigenvalue weighted by atomic mass is 16.2. The molecule has 0 unspecified atom stereocenters. The maximum atomic E-state index is 14.5. The SMILES string of the molecule is CC(=O)N[C@@H](CCCN=C(N)N)C(=O)N[C@@H](CCC(N)=O)C(=O)N[C@H](Cc1ccc(-c2ccccc2)cc1)C(=O)N1Cc2ccccc2C[C@H]1C(N)=O. The van der Waals surface area contributed by atoms with Crippen molar-refractivity contribution in [3.05, 3.63) is 95.6 Å². The molecule has 1 heterocycles. The van der Waals surface area contributed by atoms with Gasteiger partial charge in [0.05, 0.1) is 0 Å². The second-order valence-electron chi connectivity index (χ2n) is 13.0. The first kappa shape index (κ1) is 39.5. The monoisotopic (exact) mass is 725 g/mol. The number of aliphatic imine (C=N–C) groups is 1. The average molecular weight is 726 g/mol. The molecular formula is C38H47N9O6. The Morgan fingerprint density at radius 3 is 1.92 bits per heavy atom. The summed E-state index contributed by atoms with van der Waals surface area (Å²) in [6.07, 6.45) is 0.237. The molecule has 1 aliphatic rings. The summed E-state index contributed by atoms with van der Waals surface area (Å²) in [6.45, 7) is 1.53. The number of nitrogens with zero attached hydrogens (tertiary/aromatic N) is 2. The van der Waals surface area contributed by atoms with Gasteiger partial charge in [-0.25, -0.2) is 0 Å². The summed E-state index contributed by atoms with van der Waals surface area (Å²) < 4.78 is 0. The first-order valence-electron chi connectivity index (χ1n) is 17.3. The van der Waals surface area contributed by atoms with Gasteiger partial charge in [0.25, 0.3) is 0 Å². The minimum atomic E-state index is -1.33. The zero-order chi connectivity index (χ0) is 38.5. The van der Waals surface area contributed by atoms with Gasteiger partial charge >= 0.3 is 0 Å². The molecule has 6 amide bonds. The number of nitrogens with two attached hydrogens (primary N) is 4. The van der Waals surface area contributed by atoms with E-state index in [-0.39, 0.29) is 51.2 Å². The highest BCUT2D eigenvalue weighted by Gasteiger charge is 2.38. The van der Waals surface area contributed by atoms with Gasteiger partial charge in [-0.15, -0.1) is 0 Å². The fourth-order valence-corrected chi connectivity index (χ4v) is 6.23. The van der Waals surface area contributed by atoms with Crippen LogP contribution in [0.3, 0.4) is 0 Å². The highest BCUT2D eigenvalue weighted by molar-refractivity contribution is 5.96. The third kappa shape index (κ3) is 11.6. The Hall–Kier alpha value is -6.25. The van der Waals surface area contributed by atoms with Crippen LogP contribution in [0.25, 0.3) is 11.1 Å². The lowest BCUT2D eigenvalue weighted by atomic mass is 9.92. The predicted molar refractivity (Wildman–Crippen MR) is 199 cm³/mol. The Balaban J connectivity index is 1.63. The van der Waals surface area contributed by atoms with Crippen LogP contribution in [0.4, 0.5) is 0 Å². The van der Waals surface area contributed by atoms with Crippen molar-refractivity contribution in [2.75, 3.05) is 6.54 Å². The van der Waals surface area contributed by atoms with Gasteiger partial charge in [0, 0.05) is 39.3 Å². The fraction of sp³-hybridized carbons (Fsp3) is 0.342. The van der Waals surface area contributed by atoms with Gasteiger partial charge in [0.2, 0.25) is 35.4 Å². The highest BCUT2D eigenvalue weighted by Crippen LogP contribution is 2.25. The Labute approximate surface area is 307 Å². The van der Waals surface area contributed by atoms with Gasteiger partial charge in [-0.1, -0.05) is 78.9 Å². The average Bonchev–Trinajstić information content (AvgIpc) is 3.13. The number of carbonyl (C=O) groups is 6. The molecule has 15 heteroatoms. The van der Waals surface area contributed by atoms with Gasteiger partial charge in [-0.05, 0) is 47.1 Å². The van der Waals surface area contributed by atoms with Crippen LogP contribution in [0.1, 0.15) is 49.3 Å². The molecule has 0 aliphatic carbocycles. The van der Waals surface area contributed by atoms with Gasteiger partial charge in [0.1, 0.15) is 24.2 Å². The second kappa shape index (κ2) is 18.8. The molecule has 4 rings (SSSR count). The number of benzene rings is 3. The Morgan fingerprint density at radius 1 is 0.736 bits per heavy atom. The van der Waals surface area contributed by atoms with E-state index in [0.29, 0.717) is 12.0 Å². The van der Waals surface area contributed by atoms with Crippen molar-refractivity contribution in [3.63, 3.8) is 0 Å². The third-order valence-electron chi connectivity index (χ3n) is 8.93. The molecular weight excluding hydrogens is 678 g/mol. The number of hydrogen-bond acceptors (Lipinski definition) is 7. The summed E-state index contributed by atoms with van der Waals surface area (Å²) in [4.78, 5) is 83.7. The van der Waals surface area contributed by atoms with Crippen LogP contribution in [0.15, 0.2) is 83.9 Å². The van der Waals surface area contributed by atoms with Crippen molar-refractivity contribution in [2.45, 2.75) is 76.2 Å². The molecule has 53 heavy (non-hydrogen) atoms. The van der Waals surface area contributed by atoms with Crippen molar-refractivity contribution < 1.29 is 28.8 Å². The van der Waals surface area contributed by atoms with Crippen LogP contribution >= 0.6 is 0 Å². The number of hydrogen-bond donors (Lipinski definition) is 7. The zero-order valence-corrected chi connectivity index (χ0v) is 29.6. The zero-order valence-electron chi connectivity index (χ0n) is 29.6. The van der Waals surface area contributed by atoms with E-state index in [4.69, 9.17) is 22.9 Å². The van der Waals surface area contributed by atoms with Gasteiger partial charge < -0.3 is 43.8 Å². The fourth-order valence-electron chi connectivity index (χ4n) is 6.23. The standard InChI is InChI=1S/C38H47N9O6/c1-23(48)44-29(12-7-19-43-38(41)42)35(51)45-30(17-18-33(39)49)36(52)46-31(20-24-13-15-26(16-14-24)25-8-3-2-4-9-25)37(53)47-22-28-11-6-5-10-27(28)21-32(47)34(40)50/h2-6,8-11,13-16,29-32H,7,12,17-22H2,1H3,(H2,39,49)(H2,40,50)(H,44,48)(H,45,51)(H,46,52)(H4,41,42,43)/t29-,30-,31+,32-/m0/s1. The smallest absolute Gasteiger partial charge is 0.246 e. The van der Waals surface area contributed by atoms with Crippen LogP contribution in [0, 0.1) is 0 Å². The molecule has 3 aromatic carbocycles. The van der Waals surface area contributed by atoms with Crippen molar-refractivity contribution in [1.29, 1.82) is 0 Å². The van der Waals surface area contributed by atoms with Crippen LogP contribution in [-0.2, 0) is 48.2 Å². The maximum Gasteiger partial charge on any atom is 0.246 e. The minimum Gasteiger partial charge on any atom is -0.370 e. The number of rotatable bonds is 17. The number of fused-ring (bicyclic) bond motifs is 1. The predicted octanol–water partition coefficient (Wildman–Crippen LogP) is 0.128. The normalized spacial score (nSPS) is 15.1. The lowest BCUT2D eigenvalue weighted by molar-refractivity contribution is -0.144. The molecule has 11 N–H and O–H groups in total. The molecule has 0 fully saturated rings. The van der Waals surface area contributed by atoms with E-state index in [9.17, 15) is 28.8 Å². The number of nitrogens with one attached hydrogen (secondary N) is 3. The van der Waals surface area contributed by atoms with Crippen molar-refractivity contribution >= 4 is 41.4 Å². The minimum absolute atomic E-state index is 0.0269. The van der Waals surface area contributed by atoms with Gasteiger partial charge in [-0.3, -0.25) is 33.8 Å². The summed E-state index contributed by atoms with van der Waals surface area (Å²) in [7, 11) is 0. The molecule has 0 spiro atoms. The van der Waals surface area contributed by atoms with E-state index in [1.165, 1.54) is 11.8 Å². The molecule has 0 aromatic heterocycles. The lowest BCUT2D eigenvalue weighted by Gasteiger charge is -2.37. The van der Waals surface area contributed by atoms with Crippen molar-refractivity contribution in [3.8, 4) is 11.1 Å². The van der Waals surface area contributed by atoms with Crippen LogP contribution in [0.5, 0.6) is 0 Å². The molecule has 15 nitrogen and oxygen atoms in total. The number of carbonyl (C=O) groups excluding carboxylic acids is 6. The number of guanidine groups is 1. The molecule has 4 atom stereocenters.